The van der Waals surface area contributed by atoms with Crippen LogP contribution < -0.4 is 9.47 Å². The first-order valence-electron chi connectivity index (χ1n) is 6.30. The predicted octanol–water partition coefficient (Wildman–Crippen LogP) is 3.42. The van der Waals surface area contributed by atoms with Crippen molar-refractivity contribution in [2.45, 2.75) is 13.5 Å². The lowest BCUT2D eigenvalue weighted by Crippen LogP contribution is -2.02. The maximum Gasteiger partial charge on any atom is 0.335 e. The number of ether oxygens (including phenoxy) is 2. The molecule has 0 unspecified atom stereocenters. The molecular weight excluding hydrogens is 275 g/mol. The highest BCUT2D eigenvalue weighted by atomic mass is 19.1. The maximum absolute atomic E-state index is 13.4. The molecule has 0 bridgehead atoms. The van der Waals surface area contributed by atoms with Crippen molar-refractivity contribution in [1.29, 1.82) is 0 Å². The van der Waals surface area contributed by atoms with Gasteiger partial charge >= 0.3 is 5.97 Å². The van der Waals surface area contributed by atoms with Gasteiger partial charge in [0.25, 0.3) is 0 Å². The van der Waals surface area contributed by atoms with Gasteiger partial charge in [-0.15, -0.1) is 0 Å². The largest absolute Gasteiger partial charge is 0.496 e. The maximum atomic E-state index is 13.4. The second-order valence-electron chi connectivity index (χ2n) is 4.58. The quantitative estimate of drug-likeness (QED) is 0.916. The van der Waals surface area contributed by atoms with Crippen LogP contribution in [-0.4, -0.2) is 18.2 Å². The Kier molecular flexibility index (Phi) is 4.42. The number of carboxylic acid groups (broad SMARTS) is 1. The molecule has 0 saturated carbocycles. The van der Waals surface area contributed by atoms with Crippen molar-refractivity contribution in [1.82, 2.24) is 0 Å². The molecule has 2 aromatic rings. The fourth-order valence-electron chi connectivity index (χ4n) is 1.95. The molecule has 0 heterocycles. The van der Waals surface area contributed by atoms with Crippen LogP contribution in [0.4, 0.5) is 4.39 Å². The molecule has 0 fully saturated rings. The van der Waals surface area contributed by atoms with E-state index in [0.29, 0.717) is 5.75 Å². The summed E-state index contributed by atoms with van der Waals surface area (Å²) in [6.07, 6.45) is 0. The normalized spacial score (nSPS) is 10.2. The average Bonchev–Trinajstić information content (AvgIpc) is 2.44. The molecule has 21 heavy (non-hydrogen) atoms. The van der Waals surface area contributed by atoms with Gasteiger partial charge in [0.05, 0.1) is 12.7 Å². The third-order valence-corrected chi connectivity index (χ3v) is 2.95. The molecule has 0 aliphatic carbocycles. The smallest absolute Gasteiger partial charge is 0.335 e. The highest BCUT2D eigenvalue weighted by Crippen LogP contribution is 2.23. The second-order valence-corrected chi connectivity index (χ2v) is 4.58. The van der Waals surface area contributed by atoms with E-state index in [9.17, 15) is 9.18 Å². The van der Waals surface area contributed by atoms with Gasteiger partial charge in [0.2, 0.25) is 0 Å². The molecule has 0 radical (unpaired) electrons. The Labute approximate surface area is 121 Å². The minimum atomic E-state index is -1.20. The Balaban J connectivity index is 2.20. The van der Waals surface area contributed by atoms with Gasteiger partial charge in [-0.25, -0.2) is 9.18 Å². The minimum absolute atomic E-state index is 0.152. The zero-order valence-corrected chi connectivity index (χ0v) is 11.7. The number of rotatable bonds is 5. The van der Waals surface area contributed by atoms with Crippen molar-refractivity contribution < 1.29 is 23.8 Å². The number of methoxy groups -OCH3 is 1. The summed E-state index contributed by atoms with van der Waals surface area (Å²) in [4.78, 5) is 10.9. The molecule has 0 saturated heterocycles. The van der Waals surface area contributed by atoms with Crippen LogP contribution in [-0.2, 0) is 6.61 Å². The lowest BCUT2D eigenvalue weighted by atomic mass is 10.1. The van der Waals surface area contributed by atoms with E-state index in [1.54, 1.807) is 7.11 Å². The summed E-state index contributed by atoms with van der Waals surface area (Å²) in [7, 11) is 1.55. The predicted molar refractivity (Wildman–Crippen MR) is 75.4 cm³/mol. The molecule has 0 aliphatic heterocycles. The molecule has 2 rings (SSSR count). The lowest BCUT2D eigenvalue weighted by molar-refractivity contribution is 0.0695. The molecule has 0 atom stereocenters. The summed E-state index contributed by atoms with van der Waals surface area (Å²) in [6.45, 7) is 2.10. The van der Waals surface area contributed by atoms with Crippen LogP contribution in [0, 0.1) is 12.7 Å². The second kappa shape index (κ2) is 6.26. The Morgan fingerprint density at radius 1 is 1.24 bits per heavy atom. The summed E-state index contributed by atoms with van der Waals surface area (Å²) >= 11 is 0. The first kappa shape index (κ1) is 14.8. The minimum Gasteiger partial charge on any atom is -0.496 e. The lowest BCUT2D eigenvalue weighted by Gasteiger charge is -2.11. The van der Waals surface area contributed by atoms with E-state index in [1.807, 2.05) is 25.1 Å². The Hall–Kier alpha value is -2.56. The van der Waals surface area contributed by atoms with E-state index in [4.69, 9.17) is 14.6 Å². The Morgan fingerprint density at radius 2 is 2.00 bits per heavy atom. The van der Waals surface area contributed by atoms with Gasteiger partial charge in [-0.2, -0.15) is 0 Å². The highest BCUT2D eigenvalue weighted by Gasteiger charge is 2.09. The zero-order chi connectivity index (χ0) is 15.4. The number of hydrogen-bond acceptors (Lipinski definition) is 3. The molecule has 0 aliphatic rings. The van der Waals surface area contributed by atoms with Gasteiger partial charge in [-0.05, 0) is 31.2 Å². The van der Waals surface area contributed by atoms with Crippen molar-refractivity contribution in [3.8, 4) is 11.5 Å². The molecule has 0 spiro atoms. The van der Waals surface area contributed by atoms with E-state index in [2.05, 4.69) is 0 Å². The number of halogens is 1. The van der Waals surface area contributed by atoms with E-state index in [1.165, 1.54) is 6.07 Å². The Bertz CT molecular complexity index is 667. The molecular formula is C16H15FO4. The topological polar surface area (TPSA) is 55.8 Å². The highest BCUT2D eigenvalue weighted by molar-refractivity contribution is 5.88. The number of aromatic carboxylic acids is 1. The SMILES string of the molecule is COc1ccc(C)cc1COc1cc(F)cc(C(=O)O)c1. The molecule has 0 aromatic heterocycles. The van der Waals surface area contributed by atoms with Crippen LogP contribution in [0.5, 0.6) is 11.5 Å². The van der Waals surface area contributed by atoms with Crippen molar-refractivity contribution in [2.75, 3.05) is 7.11 Å². The number of carbonyl (C=O) groups is 1. The molecule has 110 valence electrons. The van der Waals surface area contributed by atoms with Crippen molar-refractivity contribution in [3.63, 3.8) is 0 Å². The third kappa shape index (κ3) is 3.72. The van der Waals surface area contributed by atoms with Crippen molar-refractivity contribution >= 4 is 5.97 Å². The van der Waals surface area contributed by atoms with Crippen LogP contribution in [0.25, 0.3) is 0 Å². The summed E-state index contributed by atoms with van der Waals surface area (Å²) in [6, 6.07) is 9.01. The van der Waals surface area contributed by atoms with Gasteiger partial charge in [-0.1, -0.05) is 11.6 Å². The van der Waals surface area contributed by atoms with Gasteiger partial charge in [-0.3, -0.25) is 0 Å². The summed E-state index contributed by atoms with van der Waals surface area (Å²) < 4.78 is 24.1. The van der Waals surface area contributed by atoms with Crippen molar-refractivity contribution in [2.24, 2.45) is 0 Å². The van der Waals surface area contributed by atoms with Crippen LogP contribution in [0.2, 0.25) is 0 Å². The van der Waals surface area contributed by atoms with Crippen LogP contribution in [0.3, 0.4) is 0 Å². The molecule has 0 amide bonds. The van der Waals surface area contributed by atoms with E-state index in [0.717, 1.165) is 23.3 Å². The molecule has 5 heteroatoms. The van der Waals surface area contributed by atoms with Gasteiger partial charge in [0.1, 0.15) is 23.9 Å². The van der Waals surface area contributed by atoms with E-state index in [-0.39, 0.29) is 17.9 Å². The first-order valence-corrected chi connectivity index (χ1v) is 6.30. The summed E-state index contributed by atoms with van der Waals surface area (Å²) in [5.74, 6) is -1.03. The monoisotopic (exact) mass is 290 g/mol. The number of carboxylic acids is 1. The average molecular weight is 290 g/mol. The van der Waals surface area contributed by atoms with E-state index >= 15 is 0 Å². The third-order valence-electron chi connectivity index (χ3n) is 2.95. The Morgan fingerprint density at radius 3 is 2.67 bits per heavy atom. The number of aryl methyl sites for hydroxylation is 1. The van der Waals surface area contributed by atoms with Crippen molar-refractivity contribution in [3.05, 3.63) is 58.9 Å². The fraction of sp³-hybridized carbons (Fsp3) is 0.188. The van der Waals surface area contributed by atoms with Gasteiger partial charge < -0.3 is 14.6 Å². The number of benzene rings is 2. The van der Waals surface area contributed by atoms with Gasteiger partial charge in [0.15, 0.2) is 0 Å². The van der Waals surface area contributed by atoms with E-state index < -0.39 is 11.8 Å². The molecule has 4 nitrogen and oxygen atoms in total. The zero-order valence-electron chi connectivity index (χ0n) is 11.7. The first-order chi connectivity index (χ1) is 9.99. The van der Waals surface area contributed by atoms with Crippen LogP contribution in [0.15, 0.2) is 36.4 Å². The van der Waals surface area contributed by atoms with Gasteiger partial charge in [0, 0.05) is 11.6 Å². The summed E-state index contributed by atoms with van der Waals surface area (Å²) in [5.41, 5.74) is 1.69. The molecule has 1 N–H and O–H groups in total. The molecule has 2 aromatic carbocycles. The standard InChI is InChI=1S/C16H15FO4/c1-10-3-4-15(20-2)12(5-10)9-21-14-7-11(16(18)19)6-13(17)8-14/h3-8H,9H2,1-2H3,(H,18,19). The fourth-order valence-corrected chi connectivity index (χ4v) is 1.95. The summed E-state index contributed by atoms with van der Waals surface area (Å²) in [5, 5.41) is 8.90. The van der Waals surface area contributed by atoms with Crippen LogP contribution >= 0.6 is 0 Å². The van der Waals surface area contributed by atoms with Crippen LogP contribution in [0.1, 0.15) is 21.5 Å². The number of hydrogen-bond donors (Lipinski definition) is 1.